The lowest BCUT2D eigenvalue weighted by Gasteiger charge is -2.40. The number of rotatable bonds is 4. The lowest BCUT2D eigenvalue weighted by molar-refractivity contribution is 0.0766. The van der Waals surface area contributed by atoms with E-state index in [9.17, 15) is 4.79 Å². The highest BCUT2D eigenvalue weighted by atomic mass is 35.5. The lowest BCUT2D eigenvalue weighted by atomic mass is 10.00. The molecule has 144 valence electrons. The molecule has 2 unspecified atom stereocenters. The number of benzene rings is 1. The number of aromatic nitrogens is 3. The summed E-state index contributed by atoms with van der Waals surface area (Å²) in [6, 6.07) is 5.38. The third kappa shape index (κ3) is 3.63. The highest BCUT2D eigenvalue weighted by Crippen LogP contribution is 2.43. The summed E-state index contributed by atoms with van der Waals surface area (Å²) >= 11 is 14.1. The fourth-order valence-corrected chi connectivity index (χ4v) is 5.37. The van der Waals surface area contributed by atoms with Crippen LogP contribution in [0.1, 0.15) is 29.1 Å². The van der Waals surface area contributed by atoms with Gasteiger partial charge in [-0.1, -0.05) is 48.0 Å². The number of piperazine rings is 1. The van der Waals surface area contributed by atoms with Crippen LogP contribution in [0.5, 0.6) is 0 Å². The van der Waals surface area contributed by atoms with Gasteiger partial charge in [0, 0.05) is 42.6 Å². The number of fused-ring (bicyclic) bond motifs is 1. The van der Waals surface area contributed by atoms with Crippen LogP contribution in [0.4, 0.5) is 0 Å². The SMILES string of the molecule is CCc1nc2n(n1)C(=O)C(C(c1ccc(Cl)cc1Cl)N1CCN(C)CC1)S2. The largest absolute Gasteiger partial charge is 0.304 e. The second kappa shape index (κ2) is 7.72. The van der Waals surface area contributed by atoms with Crippen LogP contribution in [0.25, 0.3) is 0 Å². The summed E-state index contributed by atoms with van der Waals surface area (Å²) in [4.78, 5) is 22.3. The van der Waals surface area contributed by atoms with Crippen molar-refractivity contribution in [2.24, 2.45) is 0 Å². The summed E-state index contributed by atoms with van der Waals surface area (Å²) in [6.45, 7) is 5.64. The van der Waals surface area contributed by atoms with Crippen molar-refractivity contribution in [3.05, 3.63) is 39.6 Å². The Balaban J connectivity index is 1.70. The number of hydrogen-bond donors (Lipinski definition) is 0. The van der Waals surface area contributed by atoms with Crippen LogP contribution in [0.3, 0.4) is 0 Å². The molecule has 0 spiro atoms. The van der Waals surface area contributed by atoms with Gasteiger partial charge in [0.25, 0.3) is 5.91 Å². The van der Waals surface area contributed by atoms with Crippen LogP contribution in [-0.4, -0.2) is 68.9 Å². The highest BCUT2D eigenvalue weighted by Gasteiger charge is 2.44. The molecule has 2 atom stereocenters. The quantitative estimate of drug-likeness (QED) is 0.748. The fourth-order valence-electron chi connectivity index (χ4n) is 3.58. The predicted octanol–water partition coefficient (Wildman–Crippen LogP) is 3.25. The summed E-state index contributed by atoms with van der Waals surface area (Å²) in [5, 5.41) is 5.89. The molecular weight excluding hydrogens is 405 g/mol. The van der Waals surface area contributed by atoms with Crippen molar-refractivity contribution in [3.63, 3.8) is 0 Å². The minimum atomic E-state index is -0.326. The minimum absolute atomic E-state index is 0.0304. The van der Waals surface area contributed by atoms with E-state index in [0.717, 1.165) is 31.7 Å². The summed E-state index contributed by atoms with van der Waals surface area (Å²) < 4.78 is 1.46. The summed E-state index contributed by atoms with van der Waals surface area (Å²) in [5.41, 5.74) is 0.929. The molecule has 0 radical (unpaired) electrons. The van der Waals surface area contributed by atoms with E-state index in [4.69, 9.17) is 23.2 Å². The highest BCUT2D eigenvalue weighted by molar-refractivity contribution is 8.00. The molecule has 0 amide bonds. The van der Waals surface area contributed by atoms with Gasteiger partial charge in [0.15, 0.2) is 11.0 Å². The number of aryl methyl sites for hydroxylation is 1. The zero-order valence-electron chi connectivity index (χ0n) is 15.2. The van der Waals surface area contributed by atoms with Crippen molar-refractivity contribution in [2.45, 2.75) is 29.8 Å². The van der Waals surface area contributed by atoms with Crippen LogP contribution in [0, 0.1) is 0 Å². The molecule has 3 heterocycles. The molecule has 27 heavy (non-hydrogen) atoms. The second-order valence-electron chi connectivity index (χ2n) is 6.90. The fraction of sp³-hybridized carbons (Fsp3) is 0.500. The monoisotopic (exact) mass is 425 g/mol. The number of nitrogens with zero attached hydrogens (tertiary/aromatic N) is 5. The van der Waals surface area contributed by atoms with Gasteiger partial charge in [-0.25, -0.2) is 4.98 Å². The van der Waals surface area contributed by atoms with Crippen molar-refractivity contribution < 1.29 is 4.79 Å². The van der Waals surface area contributed by atoms with E-state index in [0.29, 0.717) is 27.4 Å². The van der Waals surface area contributed by atoms with Gasteiger partial charge in [-0.15, -0.1) is 5.10 Å². The minimum Gasteiger partial charge on any atom is -0.304 e. The third-order valence-corrected chi connectivity index (χ3v) is 6.87. The van der Waals surface area contributed by atoms with Crippen LogP contribution in [0.2, 0.25) is 10.0 Å². The Kier molecular flexibility index (Phi) is 5.49. The van der Waals surface area contributed by atoms with Crippen molar-refractivity contribution in [3.8, 4) is 0 Å². The lowest BCUT2D eigenvalue weighted by Crippen LogP contribution is -2.49. The van der Waals surface area contributed by atoms with E-state index in [-0.39, 0.29) is 17.2 Å². The van der Waals surface area contributed by atoms with Crippen molar-refractivity contribution in [2.75, 3.05) is 33.2 Å². The Morgan fingerprint density at radius 3 is 2.63 bits per heavy atom. The topological polar surface area (TPSA) is 54.3 Å². The van der Waals surface area contributed by atoms with Crippen molar-refractivity contribution in [1.29, 1.82) is 0 Å². The van der Waals surface area contributed by atoms with Crippen molar-refractivity contribution in [1.82, 2.24) is 24.6 Å². The molecule has 4 rings (SSSR count). The molecule has 2 aliphatic heterocycles. The Morgan fingerprint density at radius 1 is 1.26 bits per heavy atom. The van der Waals surface area contributed by atoms with E-state index in [1.54, 1.807) is 6.07 Å². The Hall–Kier alpha value is -1.12. The van der Waals surface area contributed by atoms with E-state index in [2.05, 4.69) is 26.9 Å². The predicted molar refractivity (Wildman–Crippen MR) is 108 cm³/mol. The first-order valence-corrected chi connectivity index (χ1v) is 10.7. The van der Waals surface area contributed by atoms with Gasteiger partial charge in [0.05, 0.1) is 6.04 Å². The summed E-state index contributed by atoms with van der Waals surface area (Å²) in [5.74, 6) is 0.669. The maximum atomic E-state index is 13.2. The first-order valence-electron chi connectivity index (χ1n) is 9.02. The van der Waals surface area contributed by atoms with E-state index in [1.165, 1.54) is 16.4 Å². The van der Waals surface area contributed by atoms with Crippen LogP contribution >= 0.6 is 35.0 Å². The van der Waals surface area contributed by atoms with Crippen LogP contribution in [0.15, 0.2) is 23.4 Å². The molecule has 0 saturated carbocycles. The molecule has 1 aromatic heterocycles. The number of likely N-dealkylation sites (N-methyl/N-ethyl adjacent to an activating group) is 1. The van der Waals surface area contributed by atoms with Crippen molar-refractivity contribution >= 4 is 40.9 Å². The molecule has 2 aromatic rings. The zero-order chi connectivity index (χ0) is 19.1. The van der Waals surface area contributed by atoms with Gasteiger partial charge in [-0.3, -0.25) is 9.69 Å². The first-order chi connectivity index (χ1) is 13.0. The molecule has 1 aromatic carbocycles. The molecular formula is C18H21Cl2N5OS. The van der Waals surface area contributed by atoms with E-state index < -0.39 is 0 Å². The van der Waals surface area contributed by atoms with Gasteiger partial charge in [0.1, 0.15) is 5.25 Å². The molecule has 9 heteroatoms. The number of carbonyl (C=O) groups is 1. The number of halogens is 2. The van der Waals surface area contributed by atoms with Gasteiger partial charge in [-0.05, 0) is 24.7 Å². The second-order valence-corrected chi connectivity index (χ2v) is 8.85. The Bertz CT molecular complexity index is 865. The molecule has 2 aliphatic rings. The van der Waals surface area contributed by atoms with Crippen LogP contribution < -0.4 is 0 Å². The average molecular weight is 426 g/mol. The molecule has 0 aliphatic carbocycles. The molecule has 0 bridgehead atoms. The number of carbonyl (C=O) groups excluding carboxylic acids is 1. The van der Waals surface area contributed by atoms with Gasteiger partial charge in [0.2, 0.25) is 0 Å². The molecule has 1 fully saturated rings. The zero-order valence-corrected chi connectivity index (χ0v) is 17.6. The summed E-state index contributed by atoms with van der Waals surface area (Å²) in [6.07, 6.45) is 0.712. The standard InChI is InChI=1S/C18H21Cl2N5OS/c1-3-14-21-18-25(22-14)17(26)16(27-18)15(24-8-6-23(2)7-9-24)12-5-4-11(19)10-13(12)20/h4-5,10,15-16H,3,6-9H2,1-2H3. The Labute approximate surface area is 172 Å². The van der Waals surface area contributed by atoms with Gasteiger partial charge in [-0.2, -0.15) is 4.68 Å². The maximum absolute atomic E-state index is 13.2. The molecule has 6 nitrogen and oxygen atoms in total. The molecule has 0 N–H and O–H groups in total. The normalized spacial score (nSPS) is 22.2. The molecule has 1 saturated heterocycles. The summed E-state index contributed by atoms with van der Waals surface area (Å²) in [7, 11) is 2.11. The number of hydrogen-bond acceptors (Lipinski definition) is 6. The van der Waals surface area contributed by atoms with Crippen LogP contribution in [-0.2, 0) is 6.42 Å². The third-order valence-electron chi connectivity index (χ3n) is 5.12. The Morgan fingerprint density at radius 2 is 2.00 bits per heavy atom. The van der Waals surface area contributed by atoms with E-state index in [1.807, 2.05) is 19.1 Å². The number of thioether (sulfide) groups is 1. The van der Waals surface area contributed by atoms with E-state index >= 15 is 0 Å². The van der Waals surface area contributed by atoms with Gasteiger partial charge < -0.3 is 4.90 Å². The van der Waals surface area contributed by atoms with Gasteiger partial charge >= 0.3 is 0 Å². The average Bonchev–Trinajstić information content (AvgIpc) is 3.18. The first kappa shape index (κ1) is 19.2. The maximum Gasteiger partial charge on any atom is 0.264 e. The smallest absolute Gasteiger partial charge is 0.264 e.